The third-order valence-corrected chi connectivity index (χ3v) is 3.98. The molecule has 4 aromatic rings. The fraction of sp³-hybridized carbons (Fsp3) is 0.0526. The van der Waals surface area contributed by atoms with Gasteiger partial charge in [-0.3, -0.25) is 20.6 Å². The van der Waals surface area contributed by atoms with Gasteiger partial charge in [0.15, 0.2) is 5.58 Å². The predicted octanol–water partition coefficient (Wildman–Crippen LogP) is 2.72. The van der Waals surface area contributed by atoms with Gasteiger partial charge in [0.1, 0.15) is 5.82 Å². The topological polar surface area (TPSA) is 125 Å². The summed E-state index contributed by atoms with van der Waals surface area (Å²) in [5.74, 6) is -0.0218. The summed E-state index contributed by atoms with van der Waals surface area (Å²) in [6.45, 7) is 1.85. The number of hydrazine groups is 1. The highest BCUT2D eigenvalue weighted by Gasteiger charge is 2.08. The van der Waals surface area contributed by atoms with Crippen LogP contribution in [-0.2, 0) is 0 Å². The van der Waals surface area contributed by atoms with Crippen LogP contribution >= 0.6 is 0 Å². The minimum Gasteiger partial charge on any atom is -0.408 e. The Kier molecular flexibility index (Phi) is 4.47. The minimum absolute atomic E-state index is 0.232. The van der Waals surface area contributed by atoms with Crippen molar-refractivity contribution in [3.63, 3.8) is 0 Å². The lowest BCUT2D eigenvalue weighted by atomic mass is 10.2. The first-order valence-electron chi connectivity index (χ1n) is 8.43. The average Bonchev–Trinajstić information content (AvgIpc) is 3.08. The summed E-state index contributed by atoms with van der Waals surface area (Å²) in [6, 6.07) is 14.0. The second-order valence-electron chi connectivity index (χ2n) is 6.02. The van der Waals surface area contributed by atoms with Crippen molar-refractivity contribution in [2.24, 2.45) is 0 Å². The van der Waals surface area contributed by atoms with Crippen LogP contribution in [0.4, 0.5) is 17.5 Å². The number of nitrogens with zero attached hydrogens (tertiary/aromatic N) is 2. The van der Waals surface area contributed by atoms with E-state index in [9.17, 15) is 9.59 Å². The Hall–Kier alpha value is -4.14. The molecule has 0 saturated heterocycles. The number of aryl methyl sites for hydroxylation is 1. The molecule has 9 heteroatoms. The molecule has 0 atom stereocenters. The van der Waals surface area contributed by atoms with Crippen molar-refractivity contribution in [1.29, 1.82) is 0 Å². The van der Waals surface area contributed by atoms with Crippen LogP contribution in [0.3, 0.4) is 0 Å². The first-order valence-corrected chi connectivity index (χ1v) is 8.43. The van der Waals surface area contributed by atoms with E-state index >= 15 is 0 Å². The van der Waals surface area contributed by atoms with Gasteiger partial charge < -0.3 is 9.73 Å². The van der Waals surface area contributed by atoms with Crippen LogP contribution < -0.4 is 21.9 Å². The van der Waals surface area contributed by atoms with Gasteiger partial charge in [0.25, 0.3) is 5.91 Å². The molecule has 0 radical (unpaired) electrons. The number of fused-ring (bicyclic) bond motifs is 1. The maximum absolute atomic E-state index is 12.1. The van der Waals surface area contributed by atoms with Crippen molar-refractivity contribution in [3.8, 4) is 0 Å². The summed E-state index contributed by atoms with van der Waals surface area (Å²) in [5.41, 5.74) is 8.35. The third-order valence-electron chi connectivity index (χ3n) is 3.98. The molecule has 2 heterocycles. The molecule has 9 nitrogen and oxygen atoms in total. The van der Waals surface area contributed by atoms with Crippen molar-refractivity contribution in [3.05, 3.63) is 76.4 Å². The summed E-state index contributed by atoms with van der Waals surface area (Å²) in [4.78, 5) is 34.5. The second kappa shape index (κ2) is 7.23. The fourth-order valence-electron chi connectivity index (χ4n) is 2.57. The van der Waals surface area contributed by atoms with E-state index in [1.165, 1.54) is 0 Å². The summed E-state index contributed by atoms with van der Waals surface area (Å²) < 4.78 is 4.99. The Morgan fingerprint density at radius 1 is 1.14 bits per heavy atom. The Morgan fingerprint density at radius 3 is 2.79 bits per heavy atom. The first kappa shape index (κ1) is 17.3. The number of carbonyl (C=O) groups is 1. The number of carbonyl (C=O) groups excluding carboxylic acids is 1. The quantitative estimate of drug-likeness (QED) is 0.395. The van der Waals surface area contributed by atoms with Crippen LogP contribution in [0, 0.1) is 6.92 Å². The number of oxazole rings is 1. The van der Waals surface area contributed by atoms with Gasteiger partial charge in [0.2, 0.25) is 5.95 Å². The van der Waals surface area contributed by atoms with Gasteiger partial charge in [0.05, 0.1) is 5.52 Å². The van der Waals surface area contributed by atoms with Crippen molar-refractivity contribution < 1.29 is 9.21 Å². The largest absolute Gasteiger partial charge is 0.417 e. The van der Waals surface area contributed by atoms with Gasteiger partial charge in [-0.25, -0.2) is 9.78 Å². The predicted molar refractivity (Wildman–Crippen MR) is 104 cm³/mol. The van der Waals surface area contributed by atoms with Crippen LogP contribution in [0.2, 0.25) is 0 Å². The maximum Gasteiger partial charge on any atom is 0.417 e. The summed E-state index contributed by atoms with van der Waals surface area (Å²) in [5, 5.41) is 3.17. The zero-order chi connectivity index (χ0) is 19.5. The van der Waals surface area contributed by atoms with E-state index in [2.05, 4.69) is 31.1 Å². The molecule has 0 bridgehead atoms. The monoisotopic (exact) mass is 376 g/mol. The lowest BCUT2D eigenvalue weighted by Gasteiger charge is -2.11. The fourth-order valence-corrected chi connectivity index (χ4v) is 2.57. The number of rotatable bonds is 5. The van der Waals surface area contributed by atoms with Gasteiger partial charge in [-0.05, 0) is 37.3 Å². The number of anilines is 3. The number of H-pyrrole nitrogens is 1. The van der Waals surface area contributed by atoms with Crippen molar-refractivity contribution in [2.75, 3.05) is 10.7 Å². The van der Waals surface area contributed by atoms with E-state index in [1.54, 1.807) is 48.7 Å². The average molecular weight is 376 g/mol. The van der Waals surface area contributed by atoms with Crippen LogP contribution in [0.5, 0.6) is 0 Å². The standard InChI is InChI=1S/C19H16N6O3/c1-11-10-20-18(25-24-17(26)12-5-3-2-4-6-12)23-16(11)21-13-7-8-15-14(9-13)22-19(27)28-15/h2-10H,1H3,(H,22,27)(H,24,26)(H2,20,21,23,25). The van der Waals surface area contributed by atoms with E-state index in [0.29, 0.717) is 28.2 Å². The van der Waals surface area contributed by atoms with Crippen molar-refractivity contribution in [1.82, 2.24) is 20.4 Å². The molecule has 28 heavy (non-hydrogen) atoms. The molecular formula is C19H16N6O3. The van der Waals surface area contributed by atoms with Gasteiger partial charge in [-0.15, -0.1) is 0 Å². The van der Waals surface area contributed by atoms with E-state index in [1.807, 2.05) is 13.0 Å². The molecule has 140 valence electrons. The molecule has 2 aromatic carbocycles. The molecule has 4 rings (SSSR count). The molecule has 0 unspecified atom stereocenters. The van der Waals surface area contributed by atoms with Crippen LogP contribution in [0.1, 0.15) is 15.9 Å². The lowest BCUT2D eigenvalue weighted by molar-refractivity contribution is 0.0962. The van der Waals surface area contributed by atoms with Gasteiger partial charge >= 0.3 is 5.76 Å². The van der Waals surface area contributed by atoms with Crippen LogP contribution in [0.15, 0.2) is 63.9 Å². The molecule has 0 saturated carbocycles. The molecular weight excluding hydrogens is 360 g/mol. The zero-order valence-electron chi connectivity index (χ0n) is 14.8. The summed E-state index contributed by atoms with van der Waals surface area (Å²) in [7, 11) is 0. The molecule has 0 aliphatic heterocycles. The normalized spacial score (nSPS) is 10.6. The SMILES string of the molecule is Cc1cnc(NNC(=O)c2ccccc2)nc1Nc1ccc2oc(=O)[nH]c2c1. The highest BCUT2D eigenvalue weighted by molar-refractivity contribution is 5.94. The first-order chi connectivity index (χ1) is 13.6. The molecule has 0 fully saturated rings. The van der Waals surface area contributed by atoms with Gasteiger partial charge in [-0.2, -0.15) is 4.98 Å². The van der Waals surface area contributed by atoms with E-state index < -0.39 is 5.76 Å². The number of hydrogen-bond donors (Lipinski definition) is 4. The zero-order valence-corrected chi connectivity index (χ0v) is 14.8. The number of amides is 1. The molecule has 2 aromatic heterocycles. The van der Waals surface area contributed by atoms with E-state index in [0.717, 1.165) is 5.56 Å². The van der Waals surface area contributed by atoms with Crippen molar-refractivity contribution >= 4 is 34.5 Å². The van der Waals surface area contributed by atoms with E-state index in [-0.39, 0.29) is 11.9 Å². The molecule has 0 aliphatic carbocycles. The lowest BCUT2D eigenvalue weighted by Crippen LogP contribution is -2.30. The number of hydrogen-bond acceptors (Lipinski definition) is 7. The Bertz CT molecular complexity index is 1200. The summed E-state index contributed by atoms with van der Waals surface area (Å²) in [6.07, 6.45) is 1.63. The Balaban J connectivity index is 1.50. The van der Waals surface area contributed by atoms with Gasteiger partial charge in [0, 0.05) is 23.0 Å². The van der Waals surface area contributed by atoms with E-state index in [4.69, 9.17) is 4.42 Å². The smallest absolute Gasteiger partial charge is 0.408 e. The minimum atomic E-state index is -0.508. The van der Waals surface area contributed by atoms with Crippen LogP contribution in [0.25, 0.3) is 11.1 Å². The maximum atomic E-state index is 12.1. The van der Waals surface area contributed by atoms with Gasteiger partial charge in [-0.1, -0.05) is 18.2 Å². The Labute approximate surface area is 158 Å². The second-order valence-corrected chi connectivity index (χ2v) is 6.02. The summed E-state index contributed by atoms with van der Waals surface area (Å²) >= 11 is 0. The highest BCUT2D eigenvalue weighted by Crippen LogP contribution is 2.22. The number of aromatic amines is 1. The molecule has 4 N–H and O–H groups in total. The van der Waals surface area contributed by atoms with Crippen LogP contribution in [-0.4, -0.2) is 20.9 Å². The molecule has 1 amide bonds. The number of aromatic nitrogens is 3. The van der Waals surface area contributed by atoms with Crippen molar-refractivity contribution in [2.45, 2.75) is 6.92 Å². The molecule has 0 spiro atoms. The Morgan fingerprint density at radius 2 is 1.96 bits per heavy atom. The third kappa shape index (κ3) is 3.68. The number of nitrogens with one attached hydrogen (secondary N) is 4. The number of benzene rings is 2. The molecule has 0 aliphatic rings. The highest BCUT2D eigenvalue weighted by atomic mass is 16.4.